The monoisotopic (exact) mass is 431 g/mol. The largest absolute Gasteiger partial charge is 0.493 e. The van der Waals surface area contributed by atoms with Gasteiger partial charge in [-0.25, -0.2) is 4.98 Å². The maximum absolute atomic E-state index is 13.0. The van der Waals surface area contributed by atoms with Gasteiger partial charge in [0.1, 0.15) is 11.5 Å². The minimum Gasteiger partial charge on any atom is -0.493 e. The summed E-state index contributed by atoms with van der Waals surface area (Å²) in [6.45, 7) is 5.20. The van der Waals surface area contributed by atoms with Crippen molar-refractivity contribution in [3.63, 3.8) is 0 Å². The van der Waals surface area contributed by atoms with Crippen molar-refractivity contribution < 1.29 is 18.7 Å². The van der Waals surface area contributed by atoms with Gasteiger partial charge in [0, 0.05) is 29.1 Å². The van der Waals surface area contributed by atoms with Gasteiger partial charge in [-0.15, -0.1) is 0 Å². The average molecular weight is 431 g/mol. The van der Waals surface area contributed by atoms with Gasteiger partial charge < -0.3 is 19.2 Å². The number of carbonyl (C=O) groups is 1. The molecule has 0 radical (unpaired) electrons. The maximum atomic E-state index is 13.0. The summed E-state index contributed by atoms with van der Waals surface area (Å²) in [7, 11) is 0. The van der Waals surface area contributed by atoms with Gasteiger partial charge in [0.2, 0.25) is 5.89 Å². The molecule has 4 rings (SSSR count). The molecular weight excluding hydrogens is 406 g/mol. The zero-order valence-corrected chi connectivity index (χ0v) is 18.1. The molecule has 2 aromatic carbocycles. The Bertz CT molecular complexity index is 1160. The lowest BCUT2D eigenvalue weighted by Gasteiger charge is -2.12. The zero-order chi connectivity index (χ0) is 22.3. The predicted molar refractivity (Wildman–Crippen MR) is 123 cm³/mol. The molecule has 164 valence electrons. The Morgan fingerprint density at radius 2 is 1.72 bits per heavy atom. The van der Waals surface area contributed by atoms with Crippen LogP contribution in [0.15, 0.2) is 65.2 Å². The van der Waals surface area contributed by atoms with Crippen LogP contribution in [0, 0.1) is 0 Å². The van der Waals surface area contributed by atoms with Gasteiger partial charge in [-0.1, -0.05) is 19.9 Å². The second kappa shape index (κ2) is 9.96. The number of hydrogen-bond acceptors (Lipinski definition) is 6. The Morgan fingerprint density at radius 1 is 0.969 bits per heavy atom. The van der Waals surface area contributed by atoms with Gasteiger partial charge in [0.25, 0.3) is 5.91 Å². The molecular formula is C25H25N3O4. The number of nitrogens with one attached hydrogen (secondary N) is 1. The van der Waals surface area contributed by atoms with Gasteiger partial charge in [0.15, 0.2) is 11.2 Å². The summed E-state index contributed by atoms with van der Waals surface area (Å²) in [6, 6.07) is 16.2. The summed E-state index contributed by atoms with van der Waals surface area (Å²) < 4.78 is 17.3. The van der Waals surface area contributed by atoms with E-state index in [-0.39, 0.29) is 5.91 Å². The molecule has 1 amide bonds. The summed E-state index contributed by atoms with van der Waals surface area (Å²) in [4.78, 5) is 21.6. The lowest BCUT2D eigenvalue weighted by Crippen LogP contribution is -2.12. The van der Waals surface area contributed by atoms with Gasteiger partial charge in [0.05, 0.1) is 13.2 Å². The van der Waals surface area contributed by atoms with Crippen molar-refractivity contribution >= 4 is 22.8 Å². The summed E-state index contributed by atoms with van der Waals surface area (Å²) in [5, 5.41) is 2.93. The Labute approximate surface area is 186 Å². The lowest BCUT2D eigenvalue weighted by molar-refractivity contribution is 0.102. The maximum Gasteiger partial charge on any atom is 0.255 e. The molecule has 0 aliphatic carbocycles. The third kappa shape index (κ3) is 5.06. The van der Waals surface area contributed by atoms with Crippen LogP contribution < -0.4 is 14.8 Å². The second-order valence-corrected chi connectivity index (χ2v) is 7.27. The van der Waals surface area contributed by atoms with Crippen molar-refractivity contribution in [1.82, 2.24) is 9.97 Å². The van der Waals surface area contributed by atoms with Crippen LogP contribution in [0.2, 0.25) is 0 Å². The second-order valence-electron chi connectivity index (χ2n) is 7.27. The third-order valence-electron chi connectivity index (χ3n) is 4.62. The van der Waals surface area contributed by atoms with Crippen LogP contribution >= 0.6 is 0 Å². The summed E-state index contributed by atoms with van der Waals surface area (Å²) in [5.74, 6) is 1.40. The van der Waals surface area contributed by atoms with E-state index in [1.54, 1.807) is 24.4 Å². The van der Waals surface area contributed by atoms with E-state index in [0.717, 1.165) is 18.4 Å². The average Bonchev–Trinajstić information content (AvgIpc) is 3.26. The highest BCUT2D eigenvalue weighted by atomic mass is 16.5. The van der Waals surface area contributed by atoms with Crippen LogP contribution in [0.25, 0.3) is 22.7 Å². The Balaban J connectivity index is 1.56. The Kier molecular flexibility index (Phi) is 6.65. The van der Waals surface area contributed by atoms with Gasteiger partial charge in [-0.3, -0.25) is 4.79 Å². The van der Waals surface area contributed by atoms with Crippen LogP contribution in [0.3, 0.4) is 0 Å². The van der Waals surface area contributed by atoms with Gasteiger partial charge >= 0.3 is 0 Å². The van der Waals surface area contributed by atoms with Gasteiger partial charge in [-0.2, -0.15) is 4.98 Å². The summed E-state index contributed by atoms with van der Waals surface area (Å²) in [6.07, 6.45) is 3.42. The first kappa shape index (κ1) is 21.4. The smallest absolute Gasteiger partial charge is 0.255 e. The molecule has 1 N–H and O–H groups in total. The number of nitrogens with zero attached hydrogens (tertiary/aromatic N) is 2. The number of hydrogen-bond donors (Lipinski definition) is 1. The van der Waals surface area contributed by atoms with E-state index in [1.807, 2.05) is 50.2 Å². The Morgan fingerprint density at radius 3 is 2.41 bits per heavy atom. The van der Waals surface area contributed by atoms with Gasteiger partial charge in [-0.05, 0) is 55.3 Å². The molecule has 7 nitrogen and oxygen atoms in total. The topological polar surface area (TPSA) is 86.5 Å². The Hall–Kier alpha value is -3.87. The lowest BCUT2D eigenvalue weighted by atomic mass is 10.1. The normalized spacial score (nSPS) is 10.8. The number of aromatic nitrogens is 2. The van der Waals surface area contributed by atoms with Crippen molar-refractivity contribution in [2.75, 3.05) is 18.5 Å². The molecule has 0 aliphatic rings. The molecule has 0 aliphatic heterocycles. The molecule has 0 saturated heterocycles. The first-order valence-corrected chi connectivity index (χ1v) is 10.7. The number of pyridine rings is 1. The molecule has 32 heavy (non-hydrogen) atoms. The highest BCUT2D eigenvalue weighted by Gasteiger charge is 2.13. The SMILES string of the molecule is CCCOc1cc(OCCC)cc(C(=O)Nc2cccc(-c3nc4ncccc4o3)c2)c1. The van der Waals surface area contributed by atoms with Crippen LogP contribution in [0.1, 0.15) is 37.0 Å². The van der Waals surface area contributed by atoms with Crippen LogP contribution in [0.5, 0.6) is 11.5 Å². The molecule has 0 fully saturated rings. The molecule has 0 atom stereocenters. The van der Waals surface area contributed by atoms with E-state index in [4.69, 9.17) is 13.9 Å². The van der Waals surface area contributed by atoms with E-state index >= 15 is 0 Å². The van der Waals surface area contributed by atoms with E-state index in [1.165, 1.54) is 0 Å². The standard InChI is InChI=1S/C25H25N3O4/c1-3-11-30-20-14-18(15-21(16-20)31-12-4-2)24(29)27-19-8-5-7-17(13-19)25-28-23-22(32-25)9-6-10-26-23/h5-10,13-16H,3-4,11-12H2,1-2H3,(H,27,29). The summed E-state index contributed by atoms with van der Waals surface area (Å²) >= 11 is 0. The first-order chi connectivity index (χ1) is 15.7. The molecule has 0 bridgehead atoms. The number of benzene rings is 2. The quantitative estimate of drug-likeness (QED) is 0.365. The van der Waals surface area contributed by atoms with E-state index in [2.05, 4.69) is 15.3 Å². The predicted octanol–water partition coefficient (Wildman–Crippen LogP) is 5.72. The minimum absolute atomic E-state index is 0.260. The minimum atomic E-state index is -0.260. The molecule has 2 heterocycles. The van der Waals surface area contributed by atoms with Crippen molar-refractivity contribution in [3.8, 4) is 23.0 Å². The molecule has 0 spiro atoms. The molecule has 0 saturated carbocycles. The molecule has 2 aromatic heterocycles. The fourth-order valence-electron chi connectivity index (χ4n) is 3.14. The molecule has 0 unspecified atom stereocenters. The van der Waals surface area contributed by atoms with Crippen LogP contribution in [-0.2, 0) is 0 Å². The highest BCUT2D eigenvalue weighted by Crippen LogP contribution is 2.27. The zero-order valence-electron chi connectivity index (χ0n) is 18.1. The van der Waals surface area contributed by atoms with E-state index < -0.39 is 0 Å². The van der Waals surface area contributed by atoms with Crippen LogP contribution in [-0.4, -0.2) is 29.1 Å². The highest BCUT2D eigenvalue weighted by molar-refractivity contribution is 6.05. The third-order valence-corrected chi connectivity index (χ3v) is 4.62. The molecule has 7 heteroatoms. The number of amides is 1. The van der Waals surface area contributed by atoms with Crippen molar-refractivity contribution in [2.45, 2.75) is 26.7 Å². The number of fused-ring (bicyclic) bond motifs is 1. The van der Waals surface area contributed by atoms with E-state index in [9.17, 15) is 4.79 Å². The first-order valence-electron chi connectivity index (χ1n) is 10.7. The van der Waals surface area contributed by atoms with E-state index in [0.29, 0.717) is 53.1 Å². The van der Waals surface area contributed by atoms with Crippen molar-refractivity contribution in [2.24, 2.45) is 0 Å². The molecule has 4 aromatic rings. The fourth-order valence-corrected chi connectivity index (χ4v) is 3.14. The van der Waals surface area contributed by atoms with Crippen LogP contribution in [0.4, 0.5) is 5.69 Å². The summed E-state index contributed by atoms with van der Waals surface area (Å²) in [5.41, 5.74) is 2.98. The number of oxazole rings is 1. The van der Waals surface area contributed by atoms with Crippen molar-refractivity contribution in [3.05, 3.63) is 66.4 Å². The van der Waals surface area contributed by atoms with Crippen molar-refractivity contribution in [1.29, 1.82) is 0 Å². The number of rotatable bonds is 9. The fraction of sp³-hybridized carbons (Fsp3) is 0.240. The number of anilines is 1. The number of ether oxygens (including phenoxy) is 2. The number of carbonyl (C=O) groups excluding carboxylic acids is 1.